The smallest absolute Gasteiger partial charge is 0.121 e. The van der Waals surface area contributed by atoms with Crippen LogP contribution in [0.25, 0.3) is 0 Å². The molecule has 0 spiro atoms. The number of ether oxygens (including phenoxy) is 1. The Balaban J connectivity index is 2.03. The fourth-order valence-electron chi connectivity index (χ4n) is 1.30. The molecule has 0 bridgehead atoms. The van der Waals surface area contributed by atoms with Crippen molar-refractivity contribution in [2.45, 2.75) is 26.2 Å². The summed E-state index contributed by atoms with van der Waals surface area (Å²) in [5.74, 6) is 3.33. The zero-order valence-electron chi connectivity index (χ0n) is 9.95. The number of unbranched alkanes of at least 4 members (excludes halogenated alkanes) is 1. The molecule has 0 amide bonds. The summed E-state index contributed by atoms with van der Waals surface area (Å²) in [6, 6.07) is 7.60. The molecule has 0 atom stereocenters. The summed E-state index contributed by atoms with van der Waals surface area (Å²) in [6.45, 7) is 3.01. The lowest BCUT2D eigenvalue weighted by molar-refractivity contribution is 0.319. The third-order valence-corrected chi connectivity index (χ3v) is 3.36. The summed E-state index contributed by atoms with van der Waals surface area (Å²) in [5, 5.41) is 0. The molecule has 1 aromatic rings. The fraction of sp³-hybridized carbons (Fsp3) is 0.538. The Morgan fingerprint density at radius 3 is 2.81 bits per heavy atom. The average molecular weight is 239 g/mol. The monoisotopic (exact) mass is 239 g/mol. The summed E-state index contributed by atoms with van der Waals surface area (Å²) >= 11 is 2.01. The van der Waals surface area contributed by atoms with Gasteiger partial charge in [-0.2, -0.15) is 11.8 Å². The van der Waals surface area contributed by atoms with Gasteiger partial charge >= 0.3 is 0 Å². The number of hydrogen-bond donors (Lipinski definition) is 1. The second kappa shape index (κ2) is 8.34. The van der Waals surface area contributed by atoms with Crippen LogP contribution < -0.4 is 10.5 Å². The molecule has 0 fully saturated rings. The zero-order valence-corrected chi connectivity index (χ0v) is 10.8. The predicted octanol–water partition coefficient (Wildman–Crippen LogP) is 3.57. The number of rotatable bonds is 8. The molecule has 0 radical (unpaired) electrons. The highest BCUT2D eigenvalue weighted by atomic mass is 32.2. The Morgan fingerprint density at radius 1 is 1.25 bits per heavy atom. The molecule has 0 aliphatic heterocycles. The Labute approximate surface area is 103 Å². The molecule has 0 aromatic heterocycles. The second-order valence-electron chi connectivity index (χ2n) is 3.74. The topological polar surface area (TPSA) is 35.2 Å². The Kier molecular flexibility index (Phi) is 6.90. The maximum atomic E-state index is 5.66. The van der Waals surface area contributed by atoms with Crippen LogP contribution >= 0.6 is 11.8 Å². The third kappa shape index (κ3) is 5.91. The van der Waals surface area contributed by atoms with Crippen LogP contribution in [0.15, 0.2) is 24.3 Å². The van der Waals surface area contributed by atoms with Crippen LogP contribution in [-0.2, 0) is 0 Å². The maximum absolute atomic E-state index is 5.66. The number of thioether (sulfide) groups is 1. The lowest BCUT2D eigenvalue weighted by Gasteiger charge is -2.06. The van der Waals surface area contributed by atoms with E-state index in [4.69, 9.17) is 10.5 Å². The van der Waals surface area contributed by atoms with E-state index in [1.807, 2.05) is 36.0 Å². The average Bonchev–Trinajstić information content (AvgIpc) is 2.28. The molecule has 2 N–H and O–H groups in total. The van der Waals surface area contributed by atoms with Crippen LogP contribution in [0.4, 0.5) is 5.69 Å². The molecule has 1 aromatic carbocycles. The minimum Gasteiger partial charge on any atom is -0.493 e. The summed E-state index contributed by atoms with van der Waals surface area (Å²) < 4.78 is 5.60. The zero-order chi connectivity index (χ0) is 11.6. The van der Waals surface area contributed by atoms with E-state index in [1.54, 1.807) is 0 Å². The largest absolute Gasteiger partial charge is 0.493 e. The standard InChI is InChI=1S/C13H21NOS/c1-2-3-9-16-10-5-8-15-13-7-4-6-12(14)11-13/h4,6-7,11H,2-3,5,8-10,14H2,1H3. The van der Waals surface area contributed by atoms with Crippen molar-refractivity contribution in [3.05, 3.63) is 24.3 Å². The molecule has 3 heteroatoms. The van der Waals surface area contributed by atoms with E-state index in [2.05, 4.69) is 6.92 Å². The molecule has 1 rings (SSSR count). The number of nitrogen functional groups attached to an aromatic ring is 1. The molecule has 90 valence electrons. The van der Waals surface area contributed by atoms with Crippen LogP contribution in [0.1, 0.15) is 26.2 Å². The third-order valence-electron chi connectivity index (χ3n) is 2.20. The summed E-state index contributed by atoms with van der Waals surface area (Å²) in [7, 11) is 0. The molecule has 0 saturated carbocycles. The Morgan fingerprint density at radius 2 is 2.06 bits per heavy atom. The van der Waals surface area contributed by atoms with E-state index in [1.165, 1.54) is 24.3 Å². The molecule has 0 unspecified atom stereocenters. The minimum atomic E-state index is 0.759. The molecule has 0 aliphatic carbocycles. The van der Waals surface area contributed by atoms with E-state index in [9.17, 15) is 0 Å². The van der Waals surface area contributed by atoms with E-state index in [0.717, 1.165) is 24.5 Å². The first-order valence-electron chi connectivity index (χ1n) is 5.89. The van der Waals surface area contributed by atoms with Gasteiger partial charge in [-0.25, -0.2) is 0 Å². The molecule has 0 saturated heterocycles. The maximum Gasteiger partial charge on any atom is 0.121 e. The molecule has 16 heavy (non-hydrogen) atoms. The first-order valence-corrected chi connectivity index (χ1v) is 7.04. The number of anilines is 1. The van der Waals surface area contributed by atoms with Crippen LogP contribution in [0.2, 0.25) is 0 Å². The Bertz CT molecular complexity index is 291. The Hall–Kier alpha value is -0.830. The van der Waals surface area contributed by atoms with Gasteiger partial charge in [0.15, 0.2) is 0 Å². The van der Waals surface area contributed by atoms with Gasteiger partial charge in [-0.1, -0.05) is 19.4 Å². The van der Waals surface area contributed by atoms with Gasteiger partial charge in [0.05, 0.1) is 6.61 Å². The van der Waals surface area contributed by atoms with Gasteiger partial charge in [-0.3, -0.25) is 0 Å². The SMILES string of the molecule is CCCCSCCCOc1cccc(N)c1. The number of benzene rings is 1. The summed E-state index contributed by atoms with van der Waals surface area (Å²) in [4.78, 5) is 0. The van der Waals surface area contributed by atoms with E-state index in [0.29, 0.717) is 0 Å². The molecular formula is C13H21NOS. The lowest BCUT2D eigenvalue weighted by Crippen LogP contribution is -1.99. The van der Waals surface area contributed by atoms with Crippen LogP contribution in [0, 0.1) is 0 Å². The van der Waals surface area contributed by atoms with E-state index < -0.39 is 0 Å². The van der Waals surface area contributed by atoms with Gasteiger partial charge in [0, 0.05) is 11.8 Å². The highest BCUT2D eigenvalue weighted by Gasteiger charge is 1.94. The van der Waals surface area contributed by atoms with Crippen molar-refractivity contribution in [3.63, 3.8) is 0 Å². The summed E-state index contributed by atoms with van der Waals surface area (Å²) in [6.07, 6.45) is 3.71. The first kappa shape index (κ1) is 13.2. The van der Waals surface area contributed by atoms with Crippen LogP contribution in [-0.4, -0.2) is 18.1 Å². The van der Waals surface area contributed by atoms with Gasteiger partial charge in [0.25, 0.3) is 0 Å². The number of nitrogens with two attached hydrogens (primary N) is 1. The van der Waals surface area contributed by atoms with Crippen molar-refractivity contribution in [2.24, 2.45) is 0 Å². The quantitative estimate of drug-likeness (QED) is 0.556. The van der Waals surface area contributed by atoms with Crippen LogP contribution in [0.5, 0.6) is 5.75 Å². The summed E-state index contributed by atoms with van der Waals surface area (Å²) in [5.41, 5.74) is 6.42. The van der Waals surface area contributed by atoms with E-state index >= 15 is 0 Å². The van der Waals surface area contributed by atoms with Gasteiger partial charge in [-0.05, 0) is 36.5 Å². The van der Waals surface area contributed by atoms with Crippen molar-refractivity contribution in [2.75, 3.05) is 23.8 Å². The van der Waals surface area contributed by atoms with Crippen molar-refractivity contribution >= 4 is 17.4 Å². The molecule has 2 nitrogen and oxygen atoms in total. The van der Waals surface area contributed by atoms with Crippen molar-refractivity contribution in [1.82, 2.24) is 0 Å². The van der Waals surface area contributed by atoms with Gasteiger partial charge in [-0.15, -0.1) is 0 Å². The van der Waals surface area contributed by atoms with Gasteiger partial charge < -0.3 is 10.5 Å². The number of hydrogen-bond acceptors (Lipinski definition) is 3. The molecular weight excluding hydrogens is 218 g/mol. The van der Waals surface area contributed by atoms with Crippen molar-refractivity contribution in [3.8, 4) is 5.75 Å². The first-order chi connectivity index (χ1) is 7.83. The van der Waals surface area contributed by atoms with Crippen LogP contribution in [0.3, 0.4) is 0 Å². The highest BCUT2D eigenvalue weighted by Crippen LogP contribution is 2.15. The predicted molar refractivity (Wildman–Crippen MR) is 73.2 cm³/mol. The highest BCUT2D eigenvalue weighted by molar-refractivity contribution is 7.99. The van der Waals surface area contributed by atoms with Crippen molar-refractivity contribution in [1.29, 1.82) is 0 Å². The minimum absolute atomic E-state index is 0.759. The van der Waals surface area contributed by atoms with E-state index in [-0.39, 0.29) is 0 Å². The van der Waals surface area contributed by atoms with Gasteiger partial charge in [0.1, 0.15) is 5.75 Å². The molecule has 0 heterocycles. The second-order valence-corrected chi connectivity index (χ2v) is 4.97. The van der Waals surface area contributed by atoms with Crippen molar-refractivity contribution < 1.29 is 4.74 Å². The molecule has 0 aliphatic rings. The fourth-order valence-corrected chi connectivity index (χ4v) is 2.32. The van der Waals surface area contributed by atoms with Gasteiger partial charge in [0.2, 0.25) is 0 Å². The normalized spacial score (nSPS) is 10.3. The lowest BCUT2D eigenvalue weighted by atomic mass is 10.3.